The van der Waals surface area contributed by atoms with Crippen molar-refractivity contribution in [2.24, 2.45) is 5.92 Å². The van der Waals surface area contributed by atoms with Gasteiger partial charge < -0.3 is 0 Å². The smallest absolute Gasteiger partial charge is 0.268 e. The fourth-order valence-corrected chi connectivity index (χ4v) is 4.68. The number of fused-ring (bicyclic) bond motifs is 1. The van der Waals surface area contributed by atoms with E-state index >= 15 is 0 Å². The Hall–Kier alpha value is -3.84. The number of nitrogens with one attached hydrogen (secondary N) is 1. The van der Waals surface area contributed by atoms with Gasteiger partial charge in [0.05, 0.1) is 17.6 Å². The van der Waals surface area contributed by atoms with Crippen LogP contribution in [0.2, 0.25) is 0 Å². The van der Waals surface area contributed by atoms with Crippen molar-refractivity contribution in [2.75, 3.05) is 4.90 Å². The van der Waals surface area contributed by atoms with E-state index in [1.165, 1.54) is 22.0 Å². The molecule has 6 nitrogen and oxygen atoms in total. The van der Waals surface area contributed by atoms with Crippen molar-refractivity contribution in [1.82, 2.24) is 10.4 Å². The predicted octanol–water partition coefficient (Wildman–Crippen LogP) is 4.01. The molecule has 3 aromatic rings. The Morgan fingerprint density at radius 3 is 2.18 bits per heavy atom. The maximum Gasteiger partial charge on any atom is 0.268 e. The van der Waals surface area contributed by atoms with Crippen LogP contribution < -0.4 is 10.3 Å². The van der Waals surface area contributed by atoms with Crippen LogP contribution in [0, 0.1) is 32.5 Å². The Morgan fingerprint density at radius 2 is 1.53 bits per heavy atom. The quantitative estimate of drug-likeness (QED) is 0.604. The number of rotatable bonds is 3. The molecule has 2 aliphatic heterocycles. The van der Waals surface area contributed by atoms with Crippen molar-refractivity contribution in [3.63, 3.8) is 0 Å². The van der Waals surface area contributed by atoms with Gasteiger partial charge in [-0.15, -0.1) is 0 Å². The summed E-state index contributed by atoms with van der Waals surface area (Å²) < 4.78 is 13.6. The number of benzene rings is 3. The predicted molar refractivity (Wildman–Crippen MR) is 125 cm³/mol. The maximum absolute atomic E-state index is 13.6. The first-order valence-electron chi connectivity index (χ1n) is 11.1. The van der Waals surface area contributed by atoms with E-state index in [9.17, 15) is 18.8 Å². The van der Waals surface area contributed by atoms with E-state index in [0.717, 1.165) is 16.7 Å². The molecule has 3 atom stereocenters. The number of imide groups is 1. The average molecular weight is 458 g/mol. The molecule has 0 unspecified atom stereocenters. The van der Waals surface area contributed by atoms with E-state index in [0.29, 0.717) is 16.8 Å². The lowest BCUT2D eigenvalue weighted by atomic mass is 9.91. The molecule has 0 aliphatic carbocycles. The van der Waals surface area contributed by atoms with Crippen molar-refractivity contribution in [3.8, 4) is 0 Å². The molecule has 2 saturated heterocycles. The number of carbonyl (C=O) groups is 3. The van der Waals surface area contributed by atoms with Gasteiger partial charge in [0.15, 0.2) is 0 Å². The van der Waals surface area contributed by atoms with Crippen LogP contribution in [-0.4, -0.2) is 28.8 Å². The van der Waals surface area contributed by atoms with Crippen LogP contribution in [0.25, 0.3) is 0 Å². The third-order valence-corrected chi connectivity index (χ3v) is 6.73. The fraction of sp³-hybridized carbons (Fsp3) is 0.222. The van der Waals surface area contributed by atoms with Gasteiger partial charge in [-0.05, 0) is 73.9 Å². The van der Waals surface area contributed by atoms with E-state index in [1.807, 2.05) is 39.0 Å². The summed E-state index contributed by atoms with van der Waals surface area (Å²) >= 11 is 0. The first-order chi connectivity index (χ1) is 16.3. The lowest BCUT2D eigenvalue weighted by Crippen LogP contribution is -2.48. The number of aryl methyl sites for hydroxylation is 3. The van der Waals surface area contributed by atoms with Gasteiger partial charge in [0, 0.05) is 5.56 Å². The second kappa shape index (κ2) is 8.18. The molecule has 2 heterocycles. The van der Waals surface area contributed by atoms with Crippen molar-refractivity contribution in [3.05, 3.63) is 100 Å². The highest BCUT2D eigenvalue weighted by Gasteiger charge is 2.60. The number of hydrogen-bond acceptors (Lipinski definition) is 4. The minimum Gasteiger partial charge on any atom is -0.274 e. The molecule has 2 fully saturated rings. The lowest BCUT2D eigenvalue weighted by Gasteiger charge is -2.25. The van der Waals surface area contributed by atoms with Crippen LogP contribution >= 0.6 is 0 Å². The Bertz CT molecular complexity index is 1300. The van der Waals surface area contributed by atoms with Crippen molar-refractivity contribution >= 4 is 23.4 Å². The second-order valence-electron chi connectivity index (χ2n) is 8.95. The van der Waals surface area contributed by atoms with Crippen LogP contribution in [0.1, 0.15) is 38.7 Å². The van der Waals surface area contributed by atoms with E-state index in [2.05, 4.69) is 5.43 Å². The number of hydrogen-bond donors (Lipinski definition) is 1. The lowest BCUT2D eigenvalue weighted by molar-refractivity contribution is -0.123. The van der Waals surface area contributed by atoms with Crippen molar-refractivity contribution in [2.45, 2.75) is 32.9 Å². The second-order valence-corrected chi connectivity index (χ2v) is 8.95. The molecular weight excluding hydrogens is 433 g/mol. The van der Waals surface area contributed by atoms with Gasteiger partial charge in [0.25, 0.3) is 11.8 Å². The van der Waals surface area contributed by atoms with Crippen LogP contribution in [0.3, 0.4) is 0 Å². The summed E-state index contributed by atoms with van der Waals surface area (Å²) in [5, 5.41) is 1.27. The van der Waals surface area contributed by atoms with Gasteiger partial charge in [-0.1, -0.05) is 35.9 Å². The minimum absolute atomic E-state index is 0.390. The molecule has 7 heteroatoms. The first kappa shape index (κ1) is 22.0. The molecule has 1 N–H and O–H groups in total. The monoisotopic (exact) mass is 457 g/mol. The number of anilines is 1. The normalized spacial score (nSPS) is 21.8. The summed E-state index contributed by atoms with van der Waals surface area (Å²) in [7, 11) is 0. The first-order valence-corrected chi connectivity index (χ1v) is 11.1. The Morgan fingerprint density at radius 1 is 0.853 bits per heavy atom. The van der Waals surface area contributed by atoms with Crippen molar-refractivity contribution in [1.29, 1.82) is 0 Å². The molecule has 3 aromatic carbocycles. The highest BCUT2D eigenvalue weighted by atomic mass is 19.1. The molecule has 34 heavy (non-hydrogen) atoms. The summed E-state index contributed by atoms with van der Waals surface area (Å²) in [6, 6.07) is 16.5. The Labute approximate surface area is 197 Å². The number of carbonyl (C=O) groups excluding carboxylic acids is 3. The van der Waals surface area contributed by atoms with Gasteiger partial charge in [0.2, 0.25) is 5.91 Å². The third kappa shape index (κ3) is 3.49. The van der Waals surface area contributed by atoms with Crippen LogP contribution in [0.15, 0.2) is 66.7 Å². The molecule has 2 aliphatic rings. The van der Waals surface area contributed by atoms with Crippen LogP contribution in [-0.2, 0) is 9.59 Å². The number of nitrogens with zero attached hydrogens (tertiary/aromatic N) is 2. The van der Waals surface area contributed by atoms with E-state index in [-0.39, 0.29) is 5.91 Å². The van der Waals surface area contributed by atoms with Gasteiger partial charge in [0.1, 0.15) is 11.9 Å². The summed E-state index contributed by atoms with van der Waals surface area (Å²) in [5.74, 6) is -2.50. The molecule has 3 amide bonds. The minimum atomic E-state index is -1.02. The molecule has 172 valence electrons. The van der Waals surface area contributed by atoms with E-state index in [4.69, 9.17) is 0 Å². The highest BCUT2D eigenvalue weighted by Crippen LogP contribution is 2.42. The van der Waals surface area contributed by atoms with Crippen LogP contribution in [0.5, 0.6) is 0 Å². The molecule has 5 rings (SSSR count). The zero-order valence-electron chi connectivity index (χ0n) is 19.1. The molecule has 0 saturated carbocycles. The zero-order valence-corrected chi connectivity index (χ0v) is 19.1. The Kier molecular flexibility index (Phi) is 5.29. The van der Waals surface area contributed by atoms with E-state index in [1.54, 1.807) is 36.4 Å². The summed E-state index contributed by atoms with van der Waals surface area (Å²) in [4.78, 5) is 41.9. The SMILES string of the molecule is Cc1ccc(C(=O)N2N[C@H](c3ccc(F)cc3)[C@H]3C(=O)N(c4ccc(C)c(C)c4)C(=O)[C@H]32)cc1. The summed E-state index contributed by atoms with van der Waals surface area (Å²) in [6.07, 6.45) is 0. The zero-order chi connectivity index (χ0) is 24.1. The van der Waals surface area contributed by atoms with Gasteiger partial charge >= 0.3 is 0 Å². The summed E-state index contributed by atoms with van der Waals surface area (Å²) in [6.45, 7) is 5.79. The number of hydrazine groups is 1. The number of halogens is 1. The average Bonchev–Trinajstić information content (AvgIpc) is 3.33. The molecule has 0 radical (unpaired) electrons. The van der Waals surface area contributed by atoms with E-state index < -0.39 is 35.6 Å². The topological polar surface area (TPSA) is 69.7 Å². The van der Waals surface area contributed by atoms with Gasteiger partial charge in [-0.25, -0.2) is 14.7 Å². The molecular formula is C27H24FN3O3. The third-order valence-electron chi connectivity index (χ3n) is 6.73. The van der Waals surface area contributed by atoms with Gasteiger partial charge in [-0.2, -0.15) is 0 Å². The van der Waals surface area contributed by atoms with Crippen LogP contribution in [0.4, 0.5) is 10.1 Å². The Balaban J connectivity index is 1.58. The number of amides is 3. The van der Waals surface area contributed by atoms with Gasteiger partial charge in [-0.3, -0.25) is 19.4 Å². The summed E-state index contributed by atoms with van der Waals surface area (Å²) in [5.41, 5.74) is 7.60. The standard InChI is InChI=1S/C27H24FN3O3/c1-15-4-7-19(8-5-15)25(32)31-24-22(23(29-31)18-9-11-20(28)12-10-18)26(33)30(27(24)34)21-13-6-16(2)17(3)14-21/h4-14,22-24,29H,1-3H3/t22-,23-,24+/m1/s1. The molecule has 0 spiro atoms. The molecule has 0 bridgehead atoms. The molecule has 0 aromatic heterocycles. The highest BCUT2D eigenvalue weighted by molar-refractivity contribution is 6.25. The largest absolute Gasteiger partial charge is 0.274 e. The maximum atomic E-state index is 13.6. The van der Waals surface area contributed by atoms with Crippen molar-refractivity contribution < 1.29 is 18.8 Å². The fourth-order valence-electron chi connectivity index (χ4n) is 4.68.